The third kappa shape index (κ3) is 9.37. The molecule has 0 aliphatic heterocycles. The van der Waals surface area contributed by atoms with Crippen molar-refractivity contribution in [3.8, 4) is 11.5 Å². The second-order valence-corrected chi connectivity index (χ2v) is 10.1. The van der Waals surface area contributed by atoms with E-state index >= 15 is 0 Å². The van der Waals surface area contributed by atoms with Crippen LogP contribution < -0.4 is 19.9 Å². The average Bonchev–Trinajstić information content (AvgIpc) is 2.95. The van der Waals surface area contributed by atoms with Crippen LogP contribution in [0.2, 0.25) is 0 Å². The number of methoxy groups -OCH3 is 2. The number of hydroxylamine groups is 3. The average molecular weight is 537 g/mol. The topological polar surface area (TPSA) is 86.3 Å². The minimum absolute atomic E-state index is 0.0353. The number of benzene rings is 2. The maximum Gasteiger partial charge on any atom is 0.124 e. The highest BCUT2D eigenvalue weighted by Gasteiger charge is 2.17. The van der Waals surface area contributed by atoms with E-state index in [2.05, 4.69) is 35.4 Å². The zero-order valence-electron chi connectivity index (χ0n) is 24.1. The Morgan fingerprint density at radius 3 is 2.31 bits per heavy atom. The Morgan fingerprint density at radius 1 is 0.949 bits per heavy atom. The van der Waals surface area contributed by atoms with E-state index in [0.29, 0.717) is 23.7 Å². The van der Waals surface area contributed by atoms with Crippen molar-refractivity contribution < 1.29 is 9.47 Å². The number of anilines is 1. The van der Waals surface area contributed by atoms with Crippen LogP contribution in [0.5, 0.6) is 11.5 Å². The summed E-state index contributed by atoms with van der Waals surface area (Å²) in [6.45, 7) is 9.79. The molecule has 1 aliphatic carbocycles. The number of nitrogens with one attached hydrogen (secondary N) is 1. The molecule has 0 amide bonds. The lowest BCUT2D eigenvalue weighted by Gasteiger charge is -2.43. The quantitative estimate of drug-likeness (QED) is 0.166. The molecule has 0 spiro atoms. The molecule has 1 unspecified atom stereocenters. The van der Waals surface area contributed by atoms with Gasteiger partial charge in [-0.05, 0) is 61.9 Å². The first kappa shape index (κ1) is 30.7. The molecule has 0 saturated heterocycles. The molecule has 0 aromatic heterocycles. The maximum absolute atomic E-state index is 13.4. The number of hydrogen-bond acceptors (Lipinski definition) is 8. The van der Waals surface area contributed by atoms with E-state index < -0.39 is 6.04 Å². The highest BCUT2D eigenvalue weighted by atomic mass is 16.5. The first-order chi connectivity index (χ1) is 18.8. The van der Waals surface area contributed by atoms with Gasteiger partial charge >= 0.3 is 0 Å². The number of allylic oxidation sites excluding steroid dienone is 2. The Bertz CT molecular complexity index is 1080. The summed E-state index contributed by atoms with van der Waals surface area (Å²) >= 11 is 0. The summed E-state index contributed by atoms with van der Waals surface area (Å²) in [6, 6.07) is 10.3. The number of rotatable bonds is 16. The van der Waals surface area contributed by atoms with Gasteiger partial charge in [0.15, 0.2) is 0 Å². The predicted molar refractivity (Wildman–Crippen MR) is 160 cm³/mol. The standard InChI is InChI=1S/C31H44N4O4/c1-6-15-33(21-26-10-8-7-9-11-26)16-14-32-23-35(37)31(27-13-12-24(2)25(3)17-27)22-34(36)28-18-29(38-4)20-30(19-28)39-5/h8,10-13,17-20,31-32H,6-7,9,14-16,21-23H2,1-5H3/q-2. The fourth-order valence-electron chi connectivity index (χ4n) is 4.70. The zero-order chi connectivity index (χ0) is 28.2. The van der Waals surface area contributed by atoms with Crippen LogP contribution in [0.1, 0.15) is 48.9 Å². The first-order valence-electron chi connectivity index (χ1n) is 13.8. The van der Waals surface area contributed by atoms with Gasteiger partial charge in [-0.1, -0.05) is 43.4 Å². The van der Waals surface area contributed by atoms with E-state index in [1.54, 1.807) is 32.4 Å². The van der Waals surface area contributed by atoms with Crippen LogP contribution in [0.4, 0.5) is 5.69 Å². The molecular formula is C31H44N4O4-2. The van der Waals surface area contributed by atoms with E-state index in [1.165, 1.54) is 5.57 Å². The number of ether oxygens (including phenoxy) is 2. The molecule has 3 rings (SSSR count). The van der Waals surface area contributed by atoms with Crippen molar-refractivity contribution in [2.24, 2.45) is 0 Å². The maximum atomic E-state index is 13.4. The number of aryl methyl sites for hydroxylation is 2. The van der Waals surface area contributed by atoms with E-state index in [1.807, 2.05) is 32.0 Å². The fraction of sp³-hybridized carbons (Fsp3) is 0.484. The molecule has 2 aromatic carbocycles. The van der Waals surface area contributed by atoms with Gasteiger partial charge in [0.05, 0.1) is 14.2 Å². The van der Waals surface area contributed by atoms with Crippen LogP contribution in [0.15, 0.2) is 60.2 Å². The van der Waals surface area contributed by atoms with Crippen LogP contribution in [-0.4, -0.2) is 63.6 Å². The normalized spacial score (nSPS) is 14.0. The summed E-state index contributed by atoms with van der Waals surface area (Å²) < 4.78 is 10.6. The SMILES string of the molecule is CCCN(CCNCN([O-])C(CN([O-])c1cc(OC)cc(OC)c1)c1ccc(C)c(C)c1)CC1=CCCC=C1. The van der Waals surface area contributed by atoms with Gasteiger partial charge in [-0.25, -0.2) is 0 Å². The van der Waals surface area contributed by atoms with Crippen molar-refractivity contribution in [2.75, 3.05) is 58.7 Å². The van der Waals surface area contributed by atoms with Gasteiger partial charge < -0.3 is 35.3 Å². The Hall–Kier alpha value is -2.88. The summed E-state index contributed by atoms with van der Waals surface area (Å²) in [5.74, 6) is 1.04. The summed E-state index contributed by atoms with van der Waals surface area (Å²) in [4.78, 5) is 2.42. The van der Waals surface area contributed by atoms with Crippen molar-refractivity contribution in [3.63, 3.8) is 0 Å². The predicted octanol–water partition coefficient (Wildman–Crippen LogP) is 5.70. The molecule has 0 saturated carbocycles. The van der Waals surface area contributed by atoms with Gasteiger partial charge in [-0.15, -0.1) is 0 Å². The van der Waals surface area contributed by atoms with Gasteiger partial charge in [-0.3, -0.25) is 4.90 Å². The Kier molecular flexibility index (Phi) is 12.3. The van der Waals surface area contributed by atoms with Crippen LogP contribution in [-0.2, 0) is 0 Å². The van der Waals surface area contributed by atoms with E-state index in [-0.39, 0.29) is 13.2 Å². The molecule has 0 radical (unpaired) electrons. The molecule has 39 heavy (non-hydrogen) atoms. The highest BCUT2D eigenvalue weighted by Crippen LogP contribution is 2.31. The monoisotopic (exact) mass is 536 g/mol. The van der Waals surface area contributed by atoms with E-state index in [4.69, 9.17) is 9.47 Å². The fourth-order valence-corrected chi connectivity index (χ4v) is 4.70. The minimum Gasteiger partial charge on any atom is -0.784 e. The first-order valence-corrected chi connectivity index (χ1v) is 13.8. The lowest BCUT2D eigenvalue weighted by molar-refractivity contribution is 0.246. The van der Waals surface area contributed by atoms with Gasteiger partial charge in [0.2, 0.25) is 0 Å². The minimum atomic E-state index is -0.657. The van der Waals surface area contributed by atoms with Crippen molar-refractivity contribution in [1.29, 1.82) is 0 Å². The van der Waals surface area contributed by atoms with Gasteiger partial charge in [0, 0.05) is 62.8 Å². The van der Waals surface area contributed by atoms with Crippen LogP contribution in [0, 0.1) is 24.3 Å². The molecule has 214 valence electrons. The molecule has 8 heteroatoms. The van der Waals surface area contributed by atoms with Gasteiger partial charge in [-0.2, -0.15) is 0 Å². The molecule has 0 fully saturated rings. The number of nitrogens with zero attached hydrogens (tertiary/aromatic N) is 3. The van der Waals surface area contributed by atoms with Crippen LogP contribution in [0.25, 0.3) is 0 Å². The molecule has 2 aromatic rings. The molecule has 1 N–H and O–H groups in total. The van der Waals surface area contributed by atoms with Crippen molar-refractivity contribution in [2.45, 2.75) is 46.1 Å². The molecule has 0 bridgehead atoms. The van der Waals surface area contributed by atoms with Gasteiger partial charge in [0.1, 0.15) is 11.5 Å². The van der Waals surface area contributed by atoms with Gasteiger partial charge in [0.25, 0.3) is 0 Å². The third-order valence-corrected chi connectivity index (χ3v) is 7.12. The van der Waals surface area contributed by atoms with Crippen LogP contribution >= 0.6 is 0 Å². The second-order valence-electron chi connectivity index (χ2n) is 10.1. The smallest absolute Gasteiger partial charge is 0.124 e. The Balaban J connectivity index is 1.67. The number of hydrogen-bond donors (Lipinski definition) is 1. The lowest BCUT2D eigenvalue weighted by atomic mass is 10.0. The van der Waals surface area contributed by atoms with Crippen molar-refractivity contribution >= 4 is 5.69 Å². The van der Waals surface area contributed by atoms with E-state index in [9.17, 15) is 10.4 Å². The largest absolute Gasteiger partial charge is 0.784 e. The third-order valence-electron chi connectivity index (χ3n) is 7.12. The van der Waals surface area contributed by atoms with Crippen molar-refractivity contribution in [3.05, 3.63) is 87.3 Å². The summed E-state index contributed by atoms with van der Waals surface area (Å²) in [7, 11) is 3.09. The molecule has 1 aliphatic rings. The lowest BCUT2D eigenvalue weighted by Crippen LogP contribution is -2.41. The van der Waals surface area contributed by atoms with E-state index in [0.717, 1.165) is 65.7 Å². The van der Waals surface area contributed by atoms with Crippen molar-refractivity contribution in [1.82, 2.24) is 15.3 Å². The summed E-state index contributed by atoms with van der Waals surface area (Å²) in [5.41, 5.74) is 4.78. The molecular weight excluding hydrogens is 492 g/mol. The second kappa shape index (κ2) is 15.6. The Morgan fingerprint density at radius 2 is 1.69 bits per heavy atom. The summed E-state index contributed by atoms with van der Waals surface area (Å²) in [5, 5.41) is 31.9. The van der Waals surface area contributed by atoms with Crippen LogP contribution in [0.3, 0.4) is 0 Å². The molecule has 1 atom stereocenters. The zero-order valence-corrected chi connectivity index (χ0v) is 24.1. The molecule has 0 heterocycles. The Labute approximate surface area is 234 Å². The molecule has 8 nitrogen and oxygen atoms in total. The highest BCUT2D eigenvalue weighted by molar-refractivity contribution is 5.56. The summed E-state index contributed by atoms with van der Waals surface area (Å²) in [6.07, 6.45) is 10.1.